The minimum absolute atomic E-state index is 0.435. The monoisotopic (exact) mass is 528 g/mol. The molecule has 9 heteroatoms. The Bertz CT molecular complexity index is 1150. The van der Waals surface area contributed by atoms with E-state index in [9.17, 15) is 10.4 Å². The van der Waals surface area contributed by atoms with Crippen LogP contribution >= 0.6 is 25.3 Å². The first kappa shape index (κ1) is 23.8. The number of hydrogen-bond acceptors (Lipinski definition) is 8. The number of hydrogen-bond donors (Lipinski definition) is 4. The molecule has 0 unspecified atom stereocenters. The zero-order chi connectivity index (χ0) is 23.2. The Hall–Kier alpha value is -2.36. The van der Waals surface area contributed by atoms with Gasteiger partial charge >= 0.3 is 211 Å². The summed E-state index contributed by atoms with van der Waals surface area (Å²) in [6.07, 6.45) is 0. The molecular weight excluding hydrogens is 510 g/mol. The van der Waals surface area contributed by atoms with Crippen LogP contribution in [0.25, 0.3) is 22.3 Å². The second-order valence-corrected chi connectivity index (χ2v) is 10.9. The topological polar surface area (TPSA) is 65.4 Å². The van der Waals surface area contributed by atoms with Gasteiger partial charge < -0.3 is 0 Å². The Kier molecular flexibility index (Phi) is 8.06. The molecule has 0 saturated heterocycles. The van der Waals surface area contributed by atoms with E-state index in [1.54, 1.807) is 24.3 Å². The van der Waals surface area contributed by atoms with Gasteiger partial charge in [-0.15, -0.1) is 0 Å². The molecular formula is C24H20N2O4S2Zn. The first-order valence-corrected chi connectivity index (χ1v) is 13.6. The molecule has 0 amide bonds. The van der Waals surface area contributed by atoms with Crippen molar-refractivity contribution in [1.29, 1.82) is 0 Å². The number of para-hydroxylation sites is 2. The molecule has 0 heterocycles. The predicted molar refractivity (Wildman–Crippen MR) is 127 cm³/mol. The summed E-state index contributed by atoms with van der Waals surface area (Å²) in [6.45, 7) is 0. The molecule has 0 atom stereocenters. The van der Waals surface area contributed by atoms with Gasteiger partial charge in [0.25, 0.3) is 0 Å². The quantitative estimate of drug-likeness (QED) is 0.124. The molecule has 164 valence electrons. The summed E-state index contributed by atoms with van der Waals surface area (Å²) in [6, 6.07) is 29.8. The van der Waals surface area contributed by atoms with Gasteiger partial charge in [0.05, 0.1) is 0 Å². The molecule has 0 aliphatic carbocycles. The van der Waals surface area contributed by atoms with Gasteiger partial charge in [-0.05, 0) is 0 Å². The second kappa shape index (κ2) is 11.2. The summed E-state index contributed by atoms with van der Waals surface area (Å²) in [7, 11) is 0. The van der Waals surface area contributed by atoms with Gasteiger partial charge in [0.2, 0.25) is 0 Å². The van der Waals surface area contributed by atoms with E-state index in [2.05, 4.69) is 25.3 Å². The Morgan fingerprint density at radius 3 is 1.24 bits per heavy atom. The van der Waals surface area contributed by atoms with Crippen LogP contribution in [0.2, 0.25) is 0 Å². The van der Waals surface area contributed by atoms with Crippen molar-refractivity contribution in [2.75, 3.05) is 0 Å². The van der Waals surface area contributed by atoms with E-state index in [1.807, 2.05) is 72.8 Å². The summed E-state index contributed by atoms with van der Waals surface area (Å²) in [5, 5.41) is 20.8. The normalized spacial score (nSPS) is 10.8. The molecule has 4 aromatic carbocycles. The summed E-state index contributed by atoms with van der Waals surface area (Å²) in [5.74, 6) is 0.870. The van der Waals surface area contributed by atoms with Crippen LogP contribution in [0.3, 0.4) is 0 Å². The fourth-order valence-corrected chi connectivity index (χ4v) is 5.15. The maximum atomic E-state index is 10.4. The fraction of sp³-hybridized carbons (Fsp3) is 0. The van der Waals surface area contributed by atoms with Crippen molar-refractivity contribution in [3.8, 4) is 33.8 Å². The molecule has 4 aromatic rings. The molecule has 0 bridgehead atoms. The van der Waals surface area contributed by atoms with Gasteiger partial charge in [-0.3, -0.25) is 0 Å². The first-order valence-electron chi connectivity index (χ1n) is 10.1. The second-order valence-electron chi connectivity index (χ2n) is 7.05. The van der Waals surface area contributed by atoms with Crippen LogP contribution in [0, 0.1) is 0 Å². The maximum absolute atomic E-state index is 10.4. The van der Waals surface area contributed by atoms with Crippen molar-refractivity contribution in [1.82, 2.24) is 7.94 Å². The van der Waals surface area contributed by atoms with E-state index in [4.69, 9.17) is 9.68 Å². The fourth-order valence-electron chi connectivity index (χ4n) is 3.33. The summed E-state index contributed by atoms with van der Waals surface area (Å²) in [5.41, 5.74) is 3.28. The van der Waals surface area contributed by atoms with E-state index in [0.29, 0.717) is 19.4 Å². The van der Waals surface area contributed by atoms with Crippen molar-refractivity contribution >= 4 is 25.3 Å². The standard InChI is InChI=1S/2C12H10NO2S.Zn/c2*14-13-15-11-7-3-1-5-9(11)10-6-2-4-8-12(10)16;/h2*1-8,14,16H;/q2*-1;+2. The molecule has 33 heavy (non-hydrogen) atoms. The molecule has 0 saturated carbocycles. The van der Waals surface area contributed by atoms with Crippen molar-refractivity contribution in [3.05, 3.63) is 97.1 Å². The Morgan fingerprint density at radius 1 is 0.515 bits per heavy atom. The van der Waals surface area contributed by atoms with Crippen molar-refractivity contribution in [2.24, 2.45) is 0 Å². The summed E-state index contributed by atoms with van der Waals surface area (Å²) >= 11 is 6.57. The van der Waals surface area contributed by atoms with E-state index >= 15 is 0 Å². The molecule has 2 N–H and O–H groups in total. The van der Waals surface area contributed by atoms with Gasteiger partial charge in [0.15, 0.2) is 0 Å². The molecule has 0 spiro atoms. The predicted octanol–water partition coefficient (Wildman–Crippen LogP) is 6.18. The zero-order valence-corrected chi connectivity index (χ0v) is 22.2. The summed E-state index contributed by atoms with van der Waals surface area (Å²) in [4.78, 5) is 12.9. The van der Waals surface area contributed by atoms with Crippen molar-refractivity contribution in [3.63, 3.8) is 0 Å². The Morgan fingerprint density at radius 2 is 0.848 bits per heavy atom. The molecule has 0 aliphatic heterocycles. The average Bonchev–Trinajstić information content (AvgIpc) is 2.81. The molecule has 0 aromatic heterocycles. The van der Waals surface area contributed by atoms with Crippen LogP contribution in [0.1, 0.15) is 0 Å². The van der Waals surface area contributed by atoms with Gasteiger partial charge in [0, 0.05) is 0 Å². The third kappa shape index (κ3) is 5.96. The van der Waals surface area contributed by atoms with Crippen LogP contribution in [-0.2, 0) is 17.6 Å². The van der Waals surface area contributed by atoms with Crippen LogP contribution in [0.15, 0.2) is 107 Å². The van der Waals surface area contributed by atoms with E-state index in [-0.39, 0.29) is 0 Å². The third-order valence-electron chi connectivity index (χ3n) is 4.81. The minimum atomic E-state index is -2.46. The molecule has 0 aliphatic rings. The molecule has 0 fully saturated rings. The Labute approximate surface area is 210 Å². The Balaban J connectivity index is 1.47. The molecule has 4 rings (SSSR count). The number of thiol groups is 2. The van der Waals surface area contributed by atoms with Gasteiger partial charge in [-0.2, -0.15) is 0 Å². The van der Waals surface area contributed by atoms with E-state index in [1.165, 1.54) is 0 Å². The molecule has 6 nitrogen and oxygen atoms in total. The van der Waals surface area contributed by atoms with E-state index < -0.39 is 17.6 Å². The van der Waals surface area contributed by atoms with Crippen LogP contribution < -0.4 is 9.68 Å². The van der Waals surface area contributed by atoms with Crippen molar-refractivity contribution in [2.45, 2.75) is 9.79 Å². The van der Waals surface area contributed by atoms with Crippen LogP contribution in [-0.4, -0.2) is 18.4 Å². The van der Waals surface area contributed by atoms with Crippen LogP contribution in [0.5, 0.6) is 11.5 Å². The number of benzene rings is 4. The van der Waals surface area contributed by atoms with Gasteiger partial charge in [0.1, 0.15) is 0 Å². The van der Waals surface area contributed by atoms with Gasteiger partial charge in [-0.1, -0.05) is 0 Å². The first-order chi connectivity index (χ1) is 16.0. The molecule has 0 radical (unpaired) electrons. The third-order valence-corrected chi connectivity index (χ3v) is 7.15. The van der Waals surface area contributed by atoms with Gasteiger partial charge in [-0.25, -0.2) is 0 Å². The SMILES string of the molecule is O[N](Oc1ccccc1-c1ccccc1S)[Zn][N](O)Oc1ccccc1-c1ccccc1S. The number of rotatable bonds is 8. The van der Waals surface area contributed by atoms with Crippen molar-refractivity contribution < 1.29 is 37.7 Å². The zero-order valence-electron chi connectivity index (χ0n) is 17.4. The number of nitrogens with zero attached hydrogens (tertiary/aromatic N) is 2. The average molecular weight is 530 g/mol. The van der Waals surface area contributed by atoms with Crippen LogP contribution in [0.4, 0.5) is 0 Å². The summed E-state index contributed by atoms with van der Waals surface area (Å²) < 4.78 is 1.34. The van der Waals surface area contributed by atoms with E-state index in [0.717, 1.165) is 32.0 Å².